The number of nitro groups is 1. The summed E-state index contributed by atoms with van der Waals surface area (Å²) in [6, 6.07) is 11.0. The lowest BCUT2D eigenvalue weighted by Crippen LogP contribution is -2.23. The molecule has 4 rings (SSSR count). The molecule has 0 aliphatic rings. The van der Waals surface area contributed by atoms with Gasteiger partial charge < -0.3 is 0 Å². The van der Waals surface area contributed by atoms with Crippen LogP contribution in [0, 0.1) is 10.1 Å². The van der Waals surface area contributed by atoms with E-state index in [2.05, 4.69) is 10.1 Å². The van der Waals surface area contributed by atoms with Gasteiger partial charge in [0.05, 0.1) is 15.0 Å². The van der Waals surface area contributed by atoms with Crippen molar-refractivity contribution in [2.45, 2.75) is 19.0 Å². The molecule has 0 aliphatic heterocycles. The first-order valence-corrected chi connectivity index (χ1v) is 9.84. The highest BCUT2D eigenvalue weighted by atomic mass is 32.1. The molecule has 0 atom stereocenters. The summed E-state index contributed by atoms with van der Waals surface area (Å²) in [7, 11) is 0. The van der Waals surface area contributed by atoms with Crippen molar-refractivity contribution in [3.8, 4) is 0 Å². The summed E-state index contributed by atoms with van der Waals surface area (Å²) in [6.45, 7) is 0. The molecule has 0 unspecified atom stereocenters. The molecule has 0 saturated heterocycles. The van der Waals surface area contributed by atoms with E-state index in [-0.39, 0.29) is 29.9 Å². The Morgan fingerprint density at radius 3 is 2.45 bits per heavy atom. The fourth-order valence-electron chi connectivity index (χ4n) is 3.09. The summed E-state index contributed by atoms with van der Waals surface area (Å²) in [5.41, 5.74) is -0.411. The van der Waals surface area contributed by atoms with E-state index in [0.29, 0.717) is 15.1 Å². The summed E-state index contributed by atoms with van der Waals surface area (Å²) in [4.78, 5) is 27.4. The lowest BCUT2D eigenvalue weighted by molar-refractivity contribution is -0.384. The van der Waals surface area contributed by atoms with Crippen molar-refractivity contribution in [2.24, 2.45) is 0 Å². The number of nitrogens with zero attached hydrogens (tertiary/aromatic N) is 4. The lowest BCUT2D eigenvalue weighted by atomic mass is 10.0. The van der Waals surface area contributed by atoms with Crippen LogP contribution >= 0.6 is 11.3 Å². The Balaban J connectivity index is 1.57. The Labute approximate surface area is 176 Å². The van der Waals surface area contributed by atoms with Gasteiger partial charge in [-0.05, 0) is 41.8 Å². The number of aromatic nitrogens is 3. The monoisotopic (exact) mass is 446 g/mol. The van der Waals surface area contributed by atoms with Gasteiger partial charge in [-0.25, -0.2) is 4.98 Å². The number of non-ortho nitro benzene ring substituents is 1. The number of hydrogen-bond acceptors (Lipinski definition) is 6. The maximum atomic E-state index is 13.1. The minimum atomic E-state index is -4.44. The van der Waals surface area contributed by atoms with E-state index in [1.807, 2.05) is 0 Å². The van der Waals surface area contributed by atoms with Gasteiger partial charge in [-0.15, -0.1) is 5.10 Å². The molecule has 0 N–H and O–H groups in total. The highest BCUT2D eigenvalue weighted by Gasteiger charge is 2.32. The zero-order valence-corrected chi connectivity index (χ0v) is 16.5. The second kappa shape index (κ2) is 7.91. The second-order valence-electron chi connectivity index (χ2n) is 6.64. The zero-order chi connectivity index (χ0) is 22.2. The molecule has 11 heteroatoms. The van der Waals surface area contributed by atoms with Crippen LogP contribution in [0.3, 0.4) is 0 Å². The summed E-state index contributed by atoms with van der Waals surface area (Å²) in [5, 5.41) is 14.9. The average molecular weight is 446 g/mol. The summed E-state index contributed by atoms with van der Waals surface area (Å²) in [5.74, 6) is 0.280. The molecule has 0 spiro atoms. The van der Waals surface area contributed by atoms with E-state index in [9.17, 15) is 28.1 Å². The first kappa shape index (κ1) is 20.7. The standard InChI is InChI=1S/C20H13F3N4O3S/c21-20(22,23)15-4-2-1-3-13(15)7-10-17-24-19-26(25-17)18(28)16(31-19)11-12-5-8-14(9-6-12)27(29)30/h1-6,8-9,11H,7,10H2/b16-11-. The molecule has 0 saturated carbocycles. The molecule has 31 heavy (non-hydrogen) atoms. The Morgan fingerprint density at radius 1 is 1.10 bits per heavy atom. The third-order valence-corrected chi connectivity index (χ3v) is 5.53. The number of alkyl halides is 3. The van der Waals surface area contributed by atoms with Gasteiger partial charge in [0.2, 0.25) is 4.96 Å². The van der Waals surface area contributed by atoms with E-state index < -0.39 is 22.2 Å². The van der Waals surface area contributed by atoms with Gasteiger partial charge >= 0.3 is 6.18 Å². The molecule has 2 heterocycles. The Morgan fingerprint density at radius 2 is 1.81 bits per heavy atom. The number of benzene rings is 2. The van der Waals surface area contributed by atoms with Gasteiger partial charge in [-0.3, -0.25) is 14.9 Å². The molecule has 2 aromatic carbocycles. The van der Waals surface area contributed by atoms with Crippen molar-refractivity contribution in [3.05, 3.63) is 96.0 Å². The Bertz CT molecular complexity index is 1380. The third kappa shape index (κ3) is 4.31. The van der Waals surface area contributed by atoms with Crippen LogP contribution < -0.4 is 10.1 Å². The van der Waals surface area contributed by atoms with Crippen LogP contribution in [0.5, 0.6) is 0 Å². The molecule has 2 aromatic heterocycles. The van der Waals surface area contributed by atoms with Crippen LogP contribution in [-0.4, -0.2) is 19.5 Å². The minimum Gasteiger partial charge on any atom is -0.266 e. The SMILES string of the molecule is O=c1/c(=C/c2ccc([N+](=O)[O-])cc2)sc2nc(CCc3ccccc3C(F)(F)F)nn12. The fourth-order valence-corrected chi connectivity index (χ4v) is 4.01. The van der Waals surface area contributed by atoms with Gasteiger partial charge in [-0.1, -0.05) is 29.5 Å². The topological polar surface area (TPSA) is 90.4 Å². The molecule has 158 valence electrons. The molecular weight excluding hydrogens is 433 g/mol. The van der Waals surface area contributed by atoms with Gasteiger partial charge in [0.1, 0.15) is 0 Å². The maximum Gasteiger partial charge on any atom is 0.416 e. The maximum absolute atomic E-state index is 13.1. The molecule has 0 radical (unpaired) electrons. The molecule has 0 fully saturated rings. The third-order valence-electron chi connectivity index (χ3n) is 4.57. The molecular formula is C20H13F3N4O3S. The van der Waals surface area contributed by atoms with Crippen molar-refractivity contribution in [1.29, 1.82) is 0 Å². The van der Waals surface area contributed by atoms with Gasteiger partial charge in [-0.2, -0.15) is 17.7 Å². The first-order chi connectivity index (χ1) is 14.7. The number of nitro benzene ring substituents is 1. The van der Waals surface area contributed by atoms with Crippen LogP contribution in [0.4, 0.5) is 18.9 Å². The number of aryl methyl sites for hydroxylation is 2. The van der Waals surface area contributed by atoms with Crippen molar-refractivity contribution in [3.63, 3.8) is 0 Å². The van der Waals surface area contributed by atoms with E-state index >= 15 is 0 Å². The lowest BCUT2D eigenvalue weighted by Gasteiger charge is -2.11. The molecule has 0 amide bonds. The normalized spacial score (nSPS) is 12.5. The molecule has 7 nitrogen and oxygen atoms in total. The predicted octanol–water partition coefficient (Wildman–Crippen LogP) is 3.41. The number of hydrogen-bond donors (Lipinski definition) is 0. The molecule has 4 aromatic rings. The molecule has 0 bridgehead atoms. The van der Waals surface area contributed by atoms with Crippen LogP contribution in [0.2, 0.25) is 0 Å². The van der Waals surface area contributed by atoms with Crippen molar-refractivity contribution in [2.75, 3.05) is 0 Å². The first-order valence-electron chi connectivity index (χ1n) is 9.02. The summed E-state index contributed by atoms with van der Waals surface area (Å²) >= 11 is 1.09. The average Bonchev–Trinajstić information content (AvgIpc) is 3.25. The smallest absolute Gasteiger partial charge is 0.266 e. The van der Waals surface area contributed by atoms with Gasteiger partial charge in [0.15, 0.2) is 5.82 Å². The minimum absolute atomic E-state index is 0.0566. The Kier molecular flexibility index (Phi) is 5.27. The summed E-state index contributed by atoms with van der Waals surface area (Å²) in [6.07, 6.45) is -2.62. The van der Waals surface area contributed by atoms with Crippen molar-refractivity contribution in [1.82, 2.24) is 14.6 Å². The number of rotatable bonds is 5. The largest absolute Gasteiger partial charge is 0.416 e. The van der Waals surface area contributed by atoms with E-state index in [4.69, 9.17) is 0 Å². The van der Waals surface area contributed by atoms with E-state index in [1.54, 1.807) is 12.1 Å². The highest BCUT2D eigenvalue weighted by Crippen LogP contribution is 2.32. The van der Waals surface area contributed by atoms with Gasteiger partial charge in [0, 0.05) is 18.6 Å². The van der Waals surface area contributed by atoms with Crippen molar-refractivity contribution >= 4 is 28.1 Å². The summed E-state index contributed by atoms with van der Waals surface area (Å²) < 4.78 is 40.8. The van der Waals surface area contributed by atoms with Crippen LogP contribution in [0.25, 0.3) is 11.0 Å². The highest BCUT2D eigenvalue weighted by molar-refractivity contribution is 7.15. The van der Waals surface area contributed by atoms with Crippen LogP contribution in [-0.2, 0) is 19.0 Å². The quantitative estimate of drug-likeness (QED) is 0.346. The number of halogens is 3. The zero-order valence-electron chi connectivity index (χ0n) is 15.7. The van der Waals surface area contributed by atoms with Crippen LogP contribution in [0.1, 0.15) is 22.5 Å². The number of fused-ring (bicyclic) bond motifs is 1. The van der Waals surface area contributed by atoms with E-state index in [1.165, 1.54) is 36.4 Å². The second-order valence-corrected chi connectivity index (χ2v) is 7.65. The predicted molar refractivity (Wildman–Crippen MR) is 108 cm³/mol. The van der Waals surface area contributed by atoms with Crippen LogP contribution in [0.15, 0.2) is 53.3 Å². The molecule has 0 aliphatic carbocycles. The Hall–Kier alpha value is -3.60. The van der Waals surface area contributed by atoms with E-state index in [0.717, 1.165) is 21.9 Å². The van der Waals surface area contributed by atoms with Crippen molar-refractivity contribution < 1.29 is 18.1 Å². The fraction of sp³-hybridized carbons (Fsp3) is 0.150. The number of thiazole rings is 1. The van der Waals surface area contributed by atoms with Gasteiger partial charge in [0.25, 0.3) is 11.2 Å².